The number of carbonyl (C=O) groups excluding carboxylic acids is 1. The summed E-state index contributed by atoms with van der Waals surface area (Å²) in [5.41, 5.74) is 6.01. The molecule has 2 aromatic heterocycles. The van der Waals surface area contributed by atoms with Gasteiger partial charge < -0.3 is 5.32 Å². The highest BCUT2D eigenvalue weighted by molar-refractivity contribution is 7.99. The maximum atomic E-state index is 12.5. The normalized spacial score (nSPS) is 10.9. The first-order valence-electron chi connectivity index (χ1n) is 9.42. The summed E-state index contributed by atoms with van der Waals surface area (Å²) in [6.45, 7) is 6.10. The number of nitrogens with zero attached hydrogens (tertiary/aromatic N) is 4. The quantitative estimate of drug-likeness (QED) is 0.429. The molecule has 0 bridgehead atoms. The average molecular weight is 436 g/mol. The molecule has 1 amide bonds. The van der Waals surface area contributed by atoms with Crippen LogP contribution in [0.2, 0.25) is 0 Å². The lowest BCUT2D eigenvalue weighted by atomic mass is 10.1. The standard InChI is InChI=1S/C22H21N5OS2/c1-14-7-8-20(15(2)9-14)27-13-23-26-22(27)30-12-21(28)25-18-6-4-5-17(10-18)19-11-29-16(3)24-19/h4-11,13H,12H2,1-3H3,(H,25,28). The predicted octanol–water partition coefficient (Wildman–Crippen LogP) is 5.05. The van der Waals surface area contributed by atoms with E-state index in [-0.39, 0.29) is 11.7 Å². The minimum Gasteiger partial charge on any atom is -0.325 e. The average Bonchev–Trinajstić information content (AvgIpc) is 3.36. The van der Waals surface area contributed by atoms with Crippen molar-refractivity contribution in [2.75, 3.05) is 11.1 Å². The lowest BCUT2D eigenvalue weighted by Crippen LogP contribution is -2.14. The van der Waals surface area contributed by atoms with Crippen molar-refractivity contribution in [1.29, 1.82) is 0 Å². The van der Waals surface area contributed by atoms with Gasteiger partial charge in [-0.1, -0.05) is 41.6 Å². The third-order valence-electron chi connectivity index (χ3n) is 4.52. The number of thioether (sulfide) groups is 1. The van der Waals surface area contributed by atoms with Gasteiger partial charge >= 0.3 is 0 Å². The molecule has 8 heteroatoms. The van der Waals surface area contributed by atoms with E-state index >= 15 is 0 Å². The van der Waals surface area contributed by atoms with Gasteiger partial charge in [0.15, 0.2) is 5.16 Å². The summed E-state index contributed by atoms with van der Waals surface area (Å²) in [7, 11) is 0. The summed E-state index contributed by atoms with van der Waals surface area (Å²) in [5.74, 6) is 0.144. The van der Waals surface area contributed by atoms with Crippen LogP contribution in [0.1, 0.15) is 16.1 Å². The fourth-order valence-electron chi connectivity index (χ4n) is 3.14. The van der Waals surface area contributed by atoms with Gasteiger partial charge in [-0.2, -0.15) is 0 Å². The molecule has 4 aromatic rings. The number of rotatable bonds is 6. The van der Waals surface area contributed by atoms with Crippen molar-refractivity contribution in [3.05, 3.63) is 70.3 Å². The topological polar surface area (TPSA) is 72.7 Å². The zero-order chi connectivity index (χ0) is 21.1. The van der Waals surface area contributed by atoms with Gasteiger partial charge in [0.05, 0.1) is 22.1 Å². The summed E-state index contributed by atoms with van der Waals surface area (Å²) in [4.78, 5) is 17.0. The number of benzene rings is 2. The summed E-state index contributed by atoms with van der Waals surface area (Å²) >= 11 is 2.97. The molecule has 0 spiro atoms. The van der Waals surface area contributed by atoms with Crippen LogP contribution in [-0.2, 0) is 4.79 Å². The number of thiazole rings is 1. The molecule has 0 aliphatic rings. The van der Waals surface area contributed by atoms with Gasteiger partial charge in [0.25, 0.3) is 0 Å². The number of carbonyl (C=O) groups is 1. The van der Waals surface area contributed by atoms with E-state index in [0.717, 1.165) is 33.2 Å². The first-order valence-corrected chi connectivity index (χ1v) is 11.3. The molecule has 0 unspecified atom stereocenters. The molecule has 0 saturated heterocycles. The second-order valence-corrected chi connectivity index (χ2v) is 8.95. The SMILES string of the molecule is Cc1ccc(-n2cnnc2SCC(=O)Nc2cccc(-c3csc(C)n3)c2)c(C)c1. The van der Waals surface area contributed by atoms with Crippen LogP contribution < -0.4 is 5.32 Å². The van der Waals surface area contributed by atoms with E-state index in [1.54, 1.807) is 17.7 Å². The third-order valence-corrected chi connectivity index (χ3v) is 6.24. The zero-order valence-corrected chi connectivity index (χ0v) is 18.5. The Labute approximate surface area is 183 Å². The Morgan fingerprint density at radius 3 is 2.80 bits per heavy atom. The lowest BCUT2D eigenvalue weighted by Gasteiger charge is -2.10. The second kappa shape index (κ2) is 8.81. The van der Waals surface area contributed by atoms with Gasteiger partial charge in [0, 0.05) is 16.6 Å². The number of hydrogen-bond acceptors (Lipinski definition) is 6. The summed E-state index contributed by atoms with van der Waals surface area (Å²) in [5, 5.41) is 14.9. The number of amides is 1. The van der Waals surface area contributed by atoms with Crippen LogP contribution in [0.15, 0.2) is 59.3 Å². The fourth-order valence-corrected chi connectivity index (χ4v) is 4.49. The van der Waals surface area contributed by atoms with Gasteiger partial charge in [-0.25, -0.2) is 4.98 Å². The van der Waals surface area contributed by atoms with Crippen molar-refractivity contribution in [1.82, 2.24) is 19.7 Å². The van der Waals surface area contributed by atoms with Crippen LogP contribution in [0.25, 0.3) is 16.9 Å². The second-order valence-electron chi connectivity index (χ2n) is 6.94. The van der Waals surface area contributed by atoms with E-state index < -0.39 is 0 Å². The maximum absolute atomic E-state index is 12.5. The first-order chi connectivity index (χ1) is 14.5. The number of hydrogen-bond donors (Lipinski definition) is 1. The highest BCUT2D eigenvalue weighted by atomic mass is 32.2. The monoisotopic (exact) mass is 435 g/mol. The van der Waals surface area contributed by atoms with Crippen molar-refractivity contribution in [3.63, 3.8) is 0 Å². The Morgan fingerprint density at radius 2 is 2.03 bits per heavy atom. The van der Waals surface area contributed by atoms with E-state index in [4.69, 9.17) is 0 Å². The van der Waals surface area contributed by atoms with E-state index in [1.807, 2.05) is 47.2 Å². The molecular weight excluding hydrogens is 414 g/mol. The van der Waals surface area contributed by atoms with Crippen molar-refractivity contribution < 1.29 is 4.79 Å². The van der Waals surface area contributed by atoms with E-state index in [2.05, 4.69) is 46.5 Å². The van der Waals surface area contributed by atoms with Crippen LogP contribution in [0.3, 0.4) is 0 Å². The molecule has 0 fully saturated rings. The molecule has 0 aliphatic carbocycles. The molecular formula is C22H21N5OS2. The Morgan fingerprint density at radius 1 is 1.17 bits per heavy atom. The minimum absolute atomic E-state index is 0.0956. The fraction of sp³-hybridized carbons (Fsp3) is 0.182. The summed E-state index contributed by atoms with van der Waals surface area (Å²) in [6, 6.07) is 13.9. The van der Waals surface area contributed by atoms with Crippen LogP contribution in [0.4, 0.5) is 5.69 Å². The Balaban J connectivity index is 1.42. The third kappa shape index (κ3) is 4.60. The van der Waals surface area contributed by atoms with Crippen LogP contribution in [-0.4, -0.2) is 31.4 Å². The largest absolute Gasteiger partial charge is 0.325 e. The molecule has 2 aromatic carbocycles. The first kappa shape index (κ1) is 20.3. The zero-order valence-electron chi connectivity index (χ0n) is 16.9. The molecule has 0 aliphatic heterocycles. The molecule has 0 atom stereocenters. The number of nitrogens with one attached hydrogen (secondary N) is 1. The molecule has 30 heavy (non-hydrogen) atoms. The number of aryl methyl sites for hydroxylation is 3. The molecule has 6 nitrogen and oxygen atoms in total. The van der Waals surface area contributed by atoms with Gasteiger partial charge in [-0.3, -0.25) is 9.36 Å². The summed E-state index contributed by atoms with van der Waals surface area (Å²) in [6.07, 6.45) is 1.68. The van der Waals surface area contributed by atoms with Crippen molar-refractivity contribution in [3.8, 4) is 16.9 Å². The maximum Gasteiger partial charge on any atom is 0.234 e. The van der Waals surface area contributed by atoms with E-state index in [9.17, 15) is 4.79 Å². The van der Waals surface area contributed by atoms with Crippen molar-refractivity contribution in [2.24, 2.45) is 0 Å². The molecule has 152 valence electrons. The number of aromatic nitrogens is 4. The van der Waals surface area contributed by atoms with Crippen LogP contribution >= 0.6 is 23.1 Å². The minimum atomic E-state index is -0.0956. The predicted molar refractivity (Wildman–Crippen MR) is 122 cm³/mol. The van der Waals surface area contributed by atoms with Gasteiger partial charge in [-0.15, -0.1) is 21.5 Å². The van der Waals surface area contributed by atoms with Crippen molar-refractivity contribution in [2.45, 2.75) is 25.9 Å². The van der Waals surface area contributed by atoms with E-state index in [1.165, 1.54) is 17.3 Å². The van der Waals surface area contributed by atoms with Gasteiger partial charge in [0.1, 0.15) is 6.33 Å². The highest BCUT2D eigenvalue weighted by Gasteiger charge is 2.12. The highest BCUT2D eigenvalue weighted by Crippen LogP contribution is 2.25. The summed E-state index contributed by atoms with van der Waals surface area (Å²) < 4.78 is 1.91. The molecule has 1 N–H and O–H groups in total. The van der Waals surface area contributed by atoms with Gasteiger partial charge in [-0.05, 0) is 44.5 Å². The molecule has 0 radical (unpaired) electrons. The Bertz CT molecular complexity index is 1200. The Kier molecular flexibility index (Phi) is 5.96. The Hall–Kier alpha value is -2.97. The lowest BCUT2D eigenvalue weighted by molar-refractivity contribution is -0.113. The molecule has 2 heterocycles. The smallest absolute Gasteiger partial charge is 0.234 e. The van der Waals surface area contributed by atoms with E-state index in [0.29, 0.717) is 5.16 Å². The van der Waals surface area contributed by atoms with Gasteiger partial charge in [0.2, 0.25) is 5.91 Å². The molecule has 0 saturated carbocycles. The van der Waals surface area contributed by atoms with Crippen LogP contribution in [0.5, 0.6) is 0 Å². The molecule has 4 rings (SSSR count). The number of anilines is 1. The van der Waals surface area contributed by atoms with Crippen LogP contribution in [0, 0.1) is 20.8 Å². The van der Waals surface area contributed by atoms with Crippen molar-refractivity contribution >= 4 is 34.7 Å².